The smallest absolute Gasteiger partial charge is 0.253 e. The topological polar surface area (TPSA) is 58.6 Å². The third-order valence-corrected chi connectivity index (χ3v) is 2.29. The fraction of sp³-hybridized carbons (Fsp3) is 0.300. The SMILES string of the molecule is COc1ccc2c(c1)C[C@H](O)C(=O)N2. The van der Waals surface area contributed by atoms with Crippen molar-refractivity contribution in [1.29, 1.82) is 0 Å². The second-order valence-corrected chi connectivity index (χ2v) is 3.23. The molecule has 1 aliphatic rings. The molecule has 1 aromatic carbocycles. The predicted octanol–water partition coefficient (Wildman–Crippen LogP) is 0.551. The zero-order valence-corrected chi connectivity index (χ0v) is 7.78. The van der Waals surface area contributed by atoms with Crippen LogP contribution in [0.5, 0.6) is 5.75 Å². The van der Waals surface area contributed by atoms with Crippen molar-refractivity contribution in [3.8, 4) is 5.75 Å². The maximum Gasteiger partial charge on any atom is 0.253 e. The molecule has 0 saturated carbocycles. The van der Waals surface area contributed by atoms with E-state index in [2.05, 4.69) is 5.32 Å². The van der Waals surface area contributed by atoms with Crippen LogP contribution in [-0.2, 0) is 11.2 Å². The summed E-state index contributed by atoms with van der Waals surface area (Å²) in [4.78, 5) is 11.1. The van der Waals surface area contributed by atoms with Crippen molar-refractivity contribution >= 4 is 11.6 Å². The summed E-state index contributed by atoms with van der Waals surface area (Å²) >= 11 is 0. The molecule has 74 valence electrons. The first-order chi connectivity index (χ1) is 6.70. The Bertz CT molecular complexity index is 376. The highest BCUT2D eigenvalue weighted by atomic mass is 16.5. The van der Waals surface area contributed by atoms with E-state index < -0.39 is 6.10 Å². The lowest BCUT2D eigenvalue weighted by atomic mass is 10.0. The minimum atomic E-state index is -0.949. The summed E-state index contributed by atoms with van der Waals surface area (Å²) in [5, 5.41) is 12.0. The summed E-state index contributed by atoms with van der Waals surface area (Å²) in [6.45, 7) is 0. The van der Waals surface area contributed by atoms with Crippen LogP contribution in [-0.4, -0.2) is 24.2 Å². The summed E-state index contributed by atoms with van der Waals surface area (Å²) in [6, 6.07) is 5.37. The molecule has 2 N–H and O–H groups in total. The second kappa shape index (κ2) is 3.31. The van der Waals surface area contributed by atoms with Crippen molar-refractivity contribution in [3.05, 3.63) is 23.8 Å². The maximum atomic E-state index is 11.1. The first-order valence-corrected chi connectivity index (χ1v) is 4.36. The molecule has 0 unspecified atom stereocenters. The molecule has 4 heteroatoms. The number of benzene rings is 1. The van der Waals surface area contributed by atoms with Crippen LogP contribution in [0.25, 0.3) is 0 Å². The fourth-order valence-electron chi connectivity index (χ4n) is 1.50. The lowest BCUT2D eigenvalue weighted by Gasteiger charge is -2.21. The number of amides is 1. The summed E-state index contributed by atoms with van der Waals surface area (Å²) in [6.07, 6.45) is -0.604. The van der Waals surface area contributed by atoms with E-state index in [4.69, 9.17) is 4.74 Å². The van der Waals surface area contributed by atoms with Gasteiger partial charge in [0, 0.05) is 12.1 Å². The van der Waals surface area contributed by atoms with Gasteiger partial charge in [0.05, 0.1) is 7.11 Å². The molecule has 0 radical (unpaired) electrons. The van der Waals surface area contributed by atoms with Gasteiger partial charge in [0.15, 0.2) is 0 Å². The zero-order valence-electron chi connectivity index (χ0n) is 7.78. The van der Waals surface area contributed by atoms with E-state index in [9.17, 15) is 9.90 Å². The molecule has 1 heterocycles. The van der Waals surface area contributed by atoms with Gasteiger partial charge in [-0.15, -0.1) is 0 Å². The molecule has 0 aliphatic carbocycles. The number of nitrogens with one attached hydrogen (secondary N) is 1. The molecule has 1 atom stereocenters. The van der Waals surface area contributed by atoms with Crippen LogP contribution in [0.1, 0.15) is 5.56 Å². The van der Waals surface area contributed by atoms with Gasteiger partial charge in [-0.25, -0.2) is 0 Å². The Kier molecular flexibility index (Phi) is 2.13. The van der Waals surface area contributed by atoms with Gasteiger partial charge in [-0.1, -0.05) is 0 Å². The van der Waals surface area contributed by atoms with Crippen LogP contribution < -0.4 is 10.1 Å². The minimum absolute atomic E-state index is 0.345. The molecule has 1 aromatic rings. The first-order valence-electron chi connectivity index (χ1n) is 4.36. The van der Waals surface area contributed by atoms with E-state index in [0.29, 0.717) is 6.42 Å². The van der Waals surface area contributed by atoms with Gasteiger partial charge in [-0.2, -0.15) is 0 Å². The molecule has 0 bridgehead atoms. The van der Waals surface area contributed by atoms with Crippen molar-refractivity contribution in [2.24, 2.45) is 0 Å². The largest absolute Gasteiger partial charge is 0.497 e. The molecule has 0 saturated heterocycles. The first kappa shape index (κ1) is 9.02. The number of carbonyl (C=O) groups is 1. The van der Waals surface area contributed by atoms with Gasteiger partial charge in [-0.3, -0.25) is 4.79 Å². The average molecular weight is 193 g/mol. The summed E-state index contributed by atoms with van der Waals surface area (Å²) < 4.78 is 5.05. The molecule has 0 aromatic heterocycles. The van der Waals surface area contributed by atoms with E-state index >= 15 is 0 Å². The van der Waals surface area contributed by atoms with Crippen LogP contribution >= 0.6 is 0 Å². The lowest BCUT2D eigenvalue weighted by molar-refractivity contribution is -0.124. The highest BCUT2D eigenvalue weighted by molar-refractivity contribution is 5.97. The van der Waals surface area contributed by atoms with E-state index in [0.717, 1.165) is 17.0 Å². The highest BCUT2D eigenvalue weighted by Gasteiger charge is 2.23. The minimum Gasteiger partial charge on any atom is -0.497 e. The van der Waals surface area contributed by atoms with Gasteiger partial charge in [0.1, 0.15) is 11.9 Å². The van der Waals surface area contributed by atoms with E-state index in [1.54, 1.807) is 19.2 Å². The number of hydrogen-bond acceptors (Lipinski definition) is 3. The Morgan fingerprint density at radius 1 is 1.57 bits per heavy atom. The van der Waals surface area contributed by atoms with Gasteiger partial charge in [0.2, 0.25) is 0 Å². The Labute approximate surface area is 81.5 Å². The Balaban J connectivity index is 2.37. The Morgan fingerprint density at radius 3 is 3.07 bits per heavy atom. The molecular formula is C10H11NO3. The van der Waals surface area contributed by atoms with Crippen LogP contribution in [0.15, 0.2) is 18.2 Å². The monoisotopic (exact) mass is 193 g/mol. The van der Waals surface area contributed by atoms with Gasteiger partial charge < -0.3 is 15.2 Å². The number of methoxy groups -OCH3 is 1. The van der Waals surface area contributed by atoms with Gasteiger partial charge >= 0.3 is 0 Å². The number of hydrogen-bond donors (Lipinski definition) is 2. The summed E-state index contributed by atoms with van der Waals surface area (Å²) in [7, 11) is 1.58. The molecule has 4 nitrogen and oxygen atoms in total. The number of aliphatic hydroxyl groups is 1. The molecular weight excluding hydrogens is 182 g/mol. The van der Waals surface area contributed by atoms with Crippen LogP contribution in [0, 0.1) is 0 Å². The second-order valence-electron chi connectivity index (χ2n) is 3.23. The maximum absolute atomic E-state index is 11.1. The third kappa shape index (κ3) is 1.44. The normalized spacial score (nSPS) is 19.9. The third-order valence-electron chi connectivity index (χ3n) is 2.29. The number of rotatable bonds is 1. The molecule has 0 spiro atoms. The van der Waals surface area contributed by atoms with Crippen molar-refractivity contribution < 1.29 is 14.6 Å². The van der Waals surface area contributed by atoms with E-state index in [1.807, 2.05) is 6.07 Å². The van der Waals surface area contributed by atoms with Crippen molar-refractivity contribution in [1.82, 2.24) is 0 Å². The zero-order chi connectivity index (χ0) is 10.1. The van der Waals surface area contributed by atoms with Crippen LogP contribution in [0.3, 0.4) is 0 Å². The van der Waals surface area contributed by atoms with E-state index in [1.165, 1.54) is 0 Å². The molecule has 0 fully saturated rings. The molecule has 14 heavy (non-hydrogen) atoms. The van der Waals surface area contributed by atoms with Crippen molar-refractivity contribution in [2.45, 2.75) is 12.5 Å². The number of anilines is 1. The molecule has 1 amide bonds. The van der Waals surface area contributed by atoms with E-state index in [-0.39, 0.29) is 5.91 Å². The summed E-state index contributed by atoms with van der Waals surface area (Å²) in [5.41, 5.74) is 1.65. The quantitative estimate of drug-likeness (QED) is 0.684. The van der Waals surface area contributed by atoms with Gasteiger partial charge in [-0.05, 0) is 23.8 Å². The van der Waals surface area contributed by atoms with Crippen molar-refractivity contribution in [2.75, 3.05) is 12.4 Å². The van der Waals surface area contributed by atoms with Crippen LogP contribution in [0.2, 0.25) is 0 Å². The van der Waals surface area contributed by atoms with Crippen LogP contribution in [0.4, 0.5) is 5.69 Å². The molecule has 1 aliphatic heterocycles. The highest BCUT2D eigenvalue weighted by Crippen LogP contribution is 2.26. The standard InChI is InChI=1S/C10H11NO3/c1-14-7-2-3-8-6(4-7)5-9(12)10(13)11-8/h2-4,9,12H,5H2,1H3,(H,11,13)/t9-/m0/s1. The predicted molar refractivity (Wildman–Crippen MR) is 51.3 cm³/mol. The molecule has 2 rings (SSSR count). The fourth-order valence-corrected chi connectivity index (χ4v) is 1.50. The number of aliphatic hydroxyl groups excluding tert-OH is 1. The number of carbonyl (C=O) groups excluding carboxylic acids is 1. The number of fused-ring (bicyclic) bond motifs is 1. The Morgan fingerprint density at radius 2 is 2.36 bits per heavy atom. The summed E-state index contributed by atoms with van der Waals surface area (Å²) in [5.74, 6) is 0.384. The van der Waals surface area contributed by atoms with Gasteiger partial charge in [0.25, 0.3) is 5.91 Å². The number of ether oxygens (including phenoxy) is 1. The lowest BCUT2D eigenvalue weighted by Crippen LogP contribution is -2.34. The van der Waals surface area contributed by atoms with Crippen molar-refractivity contribution in [3.63, 3.8) is 0 Å². The Hall–Kier alpha value is -1.55. The average Bonchev–Trinajstić information content (AvgIpc) is 2.19.